The van der Waals surface area contributed by atoms with Crippen LogP contribution in [-0.4, -0.2) is 59.3 Å². The zero-order valence-corrected chi connectivity index (χ0v) is 20.3. The van der Waals surface area contributed by atoms with Gasteiger partial charge in [0.2, 0.25) is 0 Å². The predicted octanol–water partition coefficient (Wildman–Crippen LogP) is 3.42. The Kier molecular flexibility index (Phi) is 7.57. The molecule has 32 heavy (non-hydrogen) atoms. The zero-order valence-electron chi connectivity index (χ0n) is 18.6. The van der Waals surface area contributed by atoms with Gasteiger partial charge in [0.1, 0.15) is 0 Å². The number of hydrogen-bond acceptors (Lipinski definition) is 5. The van der Waals surface area contributed by atoms with Crippen molar-refractivity contribution in [1.82, 2.24) is 20.1 Å². The van der Waals surface area contributed by atoms with Crippen LogP contribution in [0.25, 0.3) is 10.9 Å². The first kappa shape index (κ1) is 22.9. The Bertz CT molecular complexity index is 1120. The lowest BCUT2D eigenvalue weighted by Crippen LogP contribution is -2.45. The quantitative estimate of drug-likeness (QED) is 0.516. The van der Waals surface area contributed by atoms with Gasteiger partial charge in [0, 0.05) is 42.1 Å². The molecule has 0 atom stereocenters. The molecular weight excluding hydrogens is 440 g/mol. The summed E-state index contributed by atoms with van der Waals surface area (Å²) in [4.78, 5) is 21.6. The lowest BCUT2D eigenvalue weighted by Gasteiger charge is -2.29. The van der Waals surface area contributed by atoms with Crippen molar-refractivity contribution in [3.63, 3.8) is 0 Å². The topological polar surface area (TPSA) is 60.6 Å². The van der Waals surface area contributed by atoms with Crippen LogP contribution in [0.4, 0.5) is 0 Å². The number of aromatic nitrogens is 1. The second-order valence-electron chi connectivity index (χ2n) is 8.27. The summed E-state index contributed by atoms with van der Waals surface area (Å²) in [5.41, 5.74) is 3.91. The van der Waals surface area contributed by atoms with E-state index in [2.05, 4.69) is 51.5 Å². The second kappa shape index (κ2) is 10.6. The van der Waals surface area contributed by atoms with E-state index in [0.717, 1.165) is 55.9 Å². The van der Waals surface area contributed by atoms with Crippen molar-refractivity contribution in [2.45, 2.75) is 26.9 Å². The number of nitrogens with one attached hydrogen (secondary N) is 2. The van der Waals surface area contributed by atoms with E-state index >= 15 is 0 Å². The van der Waals surface area contributed by atoms with E-state index in [1.807, 2.05) is 18.2 Å². The summed E-state index contributed by atoms with van der Waals surface area (Å²) in [5.74, 6) is 0. The number of aromatic amines is 1. The number of H-pyrrole nitrogens is 1. The minimum atomic E-state index is -0.0620. The number of fused-ring (bicyclic) bond motifs is 1. The number of rotatable bonds is 7. The van der Waals surface area contributed by atoms with Crippen molar-refractivity contribution in [3.05, 3.63) is 67.6 Å². The fourth-order valence-electron chi connectivity index (χ4n) is 3.89. The lowest BCUT2D eigenvalue weighted by molar-refractivity contribution is 0.0388. The molecular formula is C24H30N4O2S2. The molecule has 0 amide bonds. The van der Waals surface area contributed by atoms with Crippen molar-refractivity contribution in [3.8, 4) is 0 Å². The maximum atomic E-state index is 12.8. The average molecular weight is 471 g/mol. The largest absolute Gasteiger partial charge is 0.379 e. The molecule has 0 saturated carbocycles. The van der Waals surface area contributed by atoms with E-state index in [1.54, 1.807) is 11.3 Å². The van der Waals surface area contributed by atoms with Gasteiger partial charge >= 0.3 is 0 Å². The normalized spacial score (nSPS) is 14.6. The average Bonchev–Trinajstić information content (AvgIpc) is 3.29. The highest BCUT2D eigenvalue weighted by atomic mass is 32.1. The number of benzene rings is 1. The van der Waals surface area contributed by atoms with Crippen molar-refractivity contribution in [1.29, 1.82) is 0 Å². The van der Waals surface area contributed by atoms with Crippen LogP contribution in [0.1, 0.15) is 21.6 Å². The van der Waals surface area contributed by atoms with Gasteiger partial charge in [-0.2, -0.15) is 0 Å². The summed E-state index contributed by atoms with van der Waals surface area (Å²) in [6.07, 6.45) is 0. The van der Waals surface area contributed by atoms with Crippen LogP contribution in [0.5, 0.6) is 0 Å². The standard InChI is InChI=1S/C24H30N4O2S2/c1-17-12-19-14-20(23(29)26-22(19)13-18(17)2)15-28(16-21-4-3-11-32-21)24(31)25-5-6-27-7-9-30-10-8-27/h3-4,11-14H,5-10,15-16H2,1-2H3,(H,25,31)(H,26,29). The van der Waals surface area contributed by atoms with Gasteiger partial charge in [-0.25, -0.2) is 0 Å². The van der Waals surface area contributed by atoms with Crippen molar-refractivity contribution < 1.29 is 4.74 Å². The Hall–Kier alpha value is -2.26. The Balaban J connectivity index is 1.49. The van der Waals surface area contributed by atoms with Crippen LogP contribution in [0, 0.1) is 13.8 Å². The molecule has 0 aliphatic carbocycles. The number of thiocarbonyl (C=S) groups is 1. The summed E-state index contributed by atoms with van der Waals surface area (Å²) in [7, 11) is 0. The van der Waals surface area contributed by atoms with E-state index < -0.39 is 0 Å². The summed E-state index contributed by atoms with van der Waals surface area (Å²) < 4.78 is 5.42. The number of thiophene rings is 1. The van der Waals surface area contributed by atoms with Crippen LogP contribution in [0.15, 0.2) is 40.5 Å². The van der Waals surface area contributed by atoms with Crippen LogP contribution < -0.4 is 10.9 Å². The monoisotopic (exact) mass is 470 g/mol. The van der Waals surface area contributed by atoms with Gasteiger partial charge in [0.25, 0.3) is 5.56 Å². The minimum Gasteiger partial charge on any atom is -0.379 e. The fourth-order valence-corrected chi connectivity index (χ4v) is 4.84. The highest BCUT2D eigenvalue weighted by Gasteiger charge is 2.16. The Morgan fingerprint density at radius 2 is 2.00 bits per heavy atom. The third kappa shape index (κ3) is 5.75. The van der Waals surface area contributed by atoms with E-state index in [-0.39, 0.29) is 5.56 Å². The molecule has 3 aromatic rings. The van der Waals surface area contributed by atoms with Gasteiger partial charge < -0.3 is 19.9 Å². The third-order valence-corrected chi connectivity index (χ3v) is 7.18. The molecule has 0 bridgehead atoms. The first-order valence-electron chi connectivity index (χ1n) is 11.0. The Morgan fingerprint density at radius 1 is 1.22 bits per heavy atom. The maximum Gasteiger partial charge on any atom is 0.253 e. The molecule has 8 heteroatoms. The van der Waals surface area contributed by atoms with Gasteiger partial charge in [-0.3, -0.25) is 9.69 Å². The number of morpholine rings is 1. The molecule has 2 N–H and O–H groups in total. The van der Waals surface area contributed by atoms with E-state index in [4.69, 9.17) is 17.0 Å². The summed E-state index contributed by atoms with van der Waals surface area (Å²) in [6.45, 7) is 10.5. The number of hydrogen-bond donors (Lipinski definition) is 2. The van der Waals surface area contributed by atoms with Gasteiger partial charge in [-0.05, 0) is 72.2 Å². The third-order valence-electron chi connectivity index (χ3n) is 5.92. The molecule has 0 unspecified atom stereocenters. The highest BCUT2D eigenvalue weighted by molar-refractivity contribution is 7.80. The zero-order chi connectivity index (χ0) is 22.5. The van der Waals surface area contributed by atoms with Crippen molar-refractivity contribution in [2.75, 3.05) is 39.4 Å². The summed E-state index contributed by atoms with van der Waals surface area (Å²) in [6, 6.07) is 10.3. The molecule has 4 rings (SSSR count). The Labute approximate surface area is 198 Å². The maximum absolute atomic E-state index is 12.8. The van der Waals surface area contributed by atoms with Crippen molar-refractivity contribution >= 4 is 39.6 Å². The van der Waals surface area contributed by atoms with E-state index in [1.165, 1.54) is 16.0 Å². The SMILES string of the molecule is Cc1cc2cc(CN(Cc3cccs3)C(=S)NCCN3CCOCC3)c(=O)[nH]c2cc1C. The first-order valence-corrected chi connectivity index (χ1v) is 12.3. The molecule has 1 aliphatic rings. The first-order chi connectivity index (χ1) is 15.5. The number of pyridine rings is 1. The molecule has 1 aliphatic heterocycles. The number of aryl methyl sites for hydroxylation is 2. The molecule has 0 spiro atoms. The molecule has 0 radical (unpaired) electrons. The van der Waals surface area contributed by atoms with Gasteiger partial charge in [0.05, 0.1) is 26.3 Å². The van der Waals surface area contributed by atoms with Gasteiger partial charge in [0.15, 0.2) is 5.11 Å². The van der Waals surface area contributed by atoms with Gasteiger partial charge in [-0.1, -0.05) is 6.07 Å². The summed E-state index contributed by atoms with van der Waals surface area (Å²) in [5, 5.41) is 7.19. The number of ether oxygens (including phenoxy) is 1. The fraction of sp³-hybridized carbons (Fsp3) is 0.417. The minimum absolute atomic E-state index is 0.0620. The second-order valence-corrected chi connectivity index (χ2v) is 9.69. The molecule has 3 heterocycles. The smallest absolute Gasteiger partial charge is 0.253 e. The van der Waals surface area contributed by atoms with Crippen molar-refractivity contribution in [2.24, 2.45) is 0 Å². The van der Waals surface area contributed by atoms with Crippen LogP contribution in [-0.2, 0) is 17.8 Å². The Morgan fingerprint density at radius 3 is 2.75 bits per heavy atom. The molecule has 1 aromatic carbocycles. The number of nitrogens with zero attached hydrogens (tertiary/aromatic N) is 2. The predicted molar refractivity (Wildman–Crippen MR) is 135 cm³/mol. The van der Waals surface area contributed by atoms with Gasteiger partial charge in [-0.15, -0.1) is 11.3 Å². The molecule has 6 nitrogen and oxygen atoms in total. The summed E-state index contributed by atoms with van der Waals surface area (Å²) >= 11 is 7.45. The molecule has 2 aromatic heterocycles. The van der Waals surface area contributed by atoms with Crippen LogP contribution in [0.2, 0.25) is 0 Å². The highest BCUT2D eigenvalue weighted by Crippen LogP contribution is 2.19. The van der Waals surface area contributed by atoms with Crippen LogP contribution in [0.3, 0.4) is 0 Å². The van der Waals surface area contributed by atoms with Crippen LogP contribution >= 0.6 is 23.6 Å². The molecule has 1 saturated heterocycles. The molecule has 1 fully saturated rings. The van der Waals surface area contributed by atoms with E-state index in [0.29, 0.717) is 18.2 Å². The molecule has 170 valence electrons. The lowest BCUT2D eigenvalue weighted by atomic mass is 10.0. The van der Waals surface area contributed by atoms with E-state index in [9.17, 15) is 4.79 Å².